The zero-order chi connectivity index (χ0) is 20.6. The molecular weight excluding hydrogens is 394 g/mol. The van der Waals surface area contributed by atoms with E-state index in [0.717, 1.165) is 12.8 Å². The van der Waals surface area contributed by atoms with Crippen molar-refractivity contribution in [3.05, 3.63) is 29.8 Å². The molecule has 1 saturated carbocycles. The highest BCUT2D eigenvalue weighted by Crippen LogP contribution is 2.32. The number of benzene rings is 1. The van der Waals surface area contributed by atoms with E-state index in [1.54, 1.807) is 24.3 Å². The number of carbonyl (C=O) groups is 2. The van der Waals surface area contributed by atoms with Crippen LogP contribution in [0.4, 0.5) is 0 Å². The van der Waals surface area contributed by atoms with Crippen LogP contribution in [-0.2, 0) is 24.3 Å². The fraction of sp³-hybridized carbons (Fsp3) is 0.550. The monoisotopic (exact) mass is 419 g/mol. The molecule has 1 atom stereocenters. The number of rotatable bonds is 5. The fourth-order valence-electron chi connectivity index (χ4n) is 3.91. The summed E-state index contributed by atoms with van der Waals surface area (Å²) in [5, 5.41) is 2.86. The highest BCUT2D eigenvalue weighted by Gasteiger charge is 2.35. The van der Waals surface area contributed by atoms with Crippen molar-refractivity contribution in [3.8, 4) is 0 Å². The van der Waals surface area contributed by atoms with E-state index in [2.05, 4.69) is 9.71 Å². The van der Waals surface area contributed by atoms with Crippen LogP contribution in [0.15, 0.2) is 33.6 Å². The molecule has 1 saturated heterocycles. The lowest BCUT2D eigenvalue weighted by Gasteiger charge is -2.32. The molecule has 3 aliphatic rings. The Hall–Kier alpha value is -2.42. The molecule has 0 bridgehead atoms. The lowest BCUT2D eigenvalue weighted by atomic mass is 9.96. The molecule has 1 aromatic rings. The predicted octanol–water partition coefficient (Wildman–Crippen LogP) is 1.31. The Kier molecular flexibility index (Phi) is 5.33. The Morgan fingerprint density at radius 2 is 1.90 bits per heavy atom. The van der Waals surface area contributed by atoms with Gasteiger partial charge >= 0.3 is 5.97 Å². The second kappa shape index (κ2) is 7.78. The fourth-order valence-corrected chi connectivity index (χ4v) is 5.14. The number of sulfonamides is 1. The highest BCUT2D eigenvalue weighted by molar-refractivity contribution is 7.90. The van der Waals surface area contributed by atoms with E-state index in [-0.39, 0.29) is 35.3 Å². The van der Waals surface area contributed by atoms with Gasteiger partial charge in [0.1, 0.15) is 4.90 Å². The minimum absolute atomic E-state index is 0.121. The standard InChI is InChI=1S/C20H25N3O5S/c1-13(14-6-7-14)21-18(24)12-28-20(25)15-8-10-23(11-9-15)19-16-4-2-3-5-17(16)29(26,27)22-19/h2-5,13-15H,6-12H2,1H3,(H,21,24)/t13-/m1/s1. The number of hydrogen-bond donors (Lipinski definition) is 1. The van der Waals surface area contributed by atoms with Gasteiger partial charge in [-0.05, 0) is 50.7 Å². The van der Waals surface area contributed by atoms with Gasteiger partial charge in [-0.3, -0.25) is 9.59 Å². The van der Waals surface area contributed by atoms with Gasteiger partial charge in [-0.1, -0.05) is 12.1 Å². The number of carbonyl (C=O) groups excluding carboxylic acids is 2. The average molecular weight is 420 g/mol. The summed E-state index contributed by atoms with van der Waals surface area (Å²) in [7, 11) is -3.65. The van der Waals surface area contributed by atoms with Crippen molar-refractivity contribution in [2.75, 3.05) is 19.7 Å². The number of nitrogens with one attached hydrogen (secondary N) is 1. The number of piperidine rings is 1. The molecule has 1 aromatic carbocycles. The first-order valence-electron chi connectivity index (χ1n) is 10.0. The first kappa shape index (κ1) is 19.9. The summed E-state index contributed by atoms with van der Waals surface area (Å²) >= 11 is 0. The molecule has 1 aliphatic carbocycles. The Labute approximate surface area is 170 Å². The van der Waals surface area contributed by atoms with E-state index in [0.29, 0.717) is 43.2 Å². The topological polar surface area (TPSA) is 105 Å². The van der Waals surface area contributed by atoms with Crippen molar-refractivity contribution in [1.29, 1.82) is 0 Å². The molecule has 0 unspecified atom stereocenters. The van der Waals surface area contributed by atoms with Crippen LogP contribution in [0.3, 0.4) is 0 Å². The quantitative estimate of drug-likeness (QED) is 0.722. The highest BCUT2D eigenvalue weighted by atomic mass is 32.2. The summed E-state index contributed by atoms with van der Waals surface area (Å²) < 4.78 is 33.6. The van der Waals surface area contributed by atoms with Gasteiger partial charge in [0.05, 0.1) is 5.92 Å². The number of fused-ring (bicyclic) bond motifs is 1. The summed E-state index contributed by atoms with van der Waals surface area (Å²) in [6.07, 6.45) is 3.33. The maximum absolute atomic E-state index is 12.3. The molecule has 8 nitrogen and oxygen atoms in total. The second-order valence-electron chi connectivity index (χ2n) is 7.95. The van der Waals surface area contributed by atoms with Crippen LogP contribution in [0, 0.1) is 11.8 Å². The number of esters is 1. The molecule has 2 heterocycles. The molecule has 9 heteroatoms. The largest absolute Gasteiger partial charge is 0.455 e. The maximum Gasteiger partial charge on any atom is 0.309 e. The third-order valence-corrected chi connectivity index (χ3v) is 7.13. The average Bonchev–Trinajstić information content (AvgIpc) is 3.52. The van der Waals surface area contributed by atoms with Gasteiger partial charge in [0, 0.05) is 24.7 Å². The summed E-state index contributed by atoms with van der Waals surface area (Å²) in [5.74, 6) is 0.0543. The van der Waals surface area contributed by atoms with Gasteiger partial charge in [-0.25, -0.2) is 0 Å². The van der Waals surface area contributed by atoms with Crippen molar-refractivity contribution in [2.24, 2.45) is 16.2 Å². The molecule has 29 heavy (non-hydrogen) atoms. The lowest BCUT2D eigenvalue weighted by Crippen LogP contribution is -2.41. The second-order valence-corrected chi connectivity index (χ2v) is 9.52. The molecule has 0 aromatic heterocycles. The van der Waals surface area contributed by atoms with Gasteiger partial charge in [-0.2, -0.15) is 8.42 Å². The first-order valence-corrected chi connectivity index (χ1v) is 11.4. The Morgan fingerprint density at radius 1 is 1.21 bits per heavy atom. The van der Waals surface area contributed by atoms with Crippen LogP contribution in [0.2, 0.25) is 0 Å². The maximum atomic E-state index is 12.3. The number of amides is 1. The van der Waals surface area contributed by atoms with Crippen LogP contribution in [0.5, 0.6) is 0 Å². The van der Waals surface area contributed by atoms with Gasteiger partial charge in [-0.15, -0.1) is 4.40 Å². The minimum atomic E-state index is -3.65. The molecule has 1 N–H and O–H groups in total. The van der Waals surface area contributed by atoms with Crippen LogP contribution in [-0.4, -0.2) is 56.8 Å². The zero-order valence-electron chi connectivity index (χ0n) is 16.3. The third kappa shape index (κ3) is 4.29. The third-order valence-electron chi connectivity index (χ3n) is 5.80. The van der Waals surface area contributed by atoms with Gasteiger partial charge in [0.2, 0.25) is 0 Å². The van der Waals surface area contributed by atoms with Crippen LogP contribution in [0.1, 0.15) is 38.2 Å². The van der Waals surface area contributed by atoms with Crippen molar-refractivity contribution < 1.29 is 22.7 Å². The van der Waals surface area contributed by atoms with Crippen LogP contribution >= 0.6 is 0 Å². The molecule has 0 spiro atoms. The van der Waals surface area contributed by atoms with E-state index in [9.17, 15) is 18.0 Å². The summed E-state index contributed by atoms with van der Waals surface area (Å²) in [6.45, 7) is 2.73. The smallest absolute Gasteiger partial charge is 0.309 e. The number of amidine groups is 1. The molecular formula is C20H25N3O5S. The van der Waals surface area contributed by atoms with E-state index < -0.39 is 10.0 Å². The molecule has 2 aliphatic heterocycles. The molecule has 0 radical (unpaired) electrons. The van der Waals surface area contributed by atoms with Crippen molar-refractivity contribution in [1.82, 2.24) is 10.2 Å². The van der Waals surface area contributed by atoms with Crippen LogP contribution in [0.25, 0.3) is 0 Å². The van der Waals surface area contributed by atoms with Crippen molar-refractivity contribution in [2.45, 2.75) is 43.5 Å². The van der Waals surface area contributed by atoms with Crippen LogP contribution < -0.4 is 5.32 Å². The Bertz CT molecular complexity index is 947. The Morgan fingerprint density at radius 3 is 2.59 bits per heavy atom. The number of hydrogen-bond acceptors (Lipinski definition) is 6. The SMILES string of the molecule is C[C@@H](NC(=O)COC(=O)C1CCN(C2=NS(=O)(=O)c3ccccc32)CC1)C1CC1. The normalized spacial score (nSPS) is 21.8. The summed E-state index contributed by atoms with van der Waals surface area (Å²) in [4.78, 5) is 26.3. The number of ether oxygens (including phenoxy) is 1. The Balaban J connectivity index is 1.28. The van der Waals surface area contributed by atoms with E-state index in [1.165, 1.54) is 0 Å². The molecule has 4 rings (SSSR count). The zero-order valence-corrected chi connectivity index (χ0v) is 17.2. The number of nitrogens with zero attached hydrogens (tertiary/aromatic N) is 2. The molecule has 156 valence electrons. The van der Waals surface area contributed by atoms with Crippen molar-refractivity contribution >= 4 is 27.7 Å². The van der Waals surface area contributed by atoms with E-state index in [4.69, 9.17) is 4.74 Å². The summed E-state index contributed by atoms with van der Waals surface area (Å²) in [6, 6.07) is 6.89. The lowest BCUT2D eigenvalue weighted by molar-refractivity contribution is -0.153. The number of likely N-dealkylation sites (tertiary alicyclic amines) is 1. The molecule has 2 fully saturated rings. The van der Waals surface area contributed by atoms with Gasteiger partial charge in [0.25, 0.3) is 15.9 Å². The van der Waals surface area contributed by atoms with Gasteiger partial charge in [0.15, 0.2) is 12.4 Å². The van der Waals surface area contributed by atoms with Gasteiger partial charge < -0.3 is 15.0 Å². The first-order chi connectivity index (χ1) is 13.8. The summed E-state index contributed by atoms with van der Waals surface area (Å²) in [5.41, 5.74) is 0.606. The minimum Gasteiger partial charge on any atom is -0.455 e. The predicted molar refractivity (Wildman–Crippen MR) is 106 cm³/mol. The van der Waals surface area contributed by atoms with Crippen molar-refractivity contribution in [3.63, 3.8) is 0 Å². The van der Waals surface area contributed by atoms with E-state index >= 15 is 0 Å². The van der Waals surface area contributed by atoms with E-state index in [1.807, 2.05) is 11.8 Å². The molecule has 1 amide bonds.